The summed E-state index contributed by atoms with van der Waals surface area (Å²) in [4.78, 5) is 13.9. The molecule has 0 atom stereocenters. The van der Waals surface area contributed by atoms with Crippen molar-refractivity contribution in [3.8, 4) is 0 Å². The number of hydrogen-bond acceptors (Lipinski definition) is 4. The van der Waals surface area contributed by atoms with E-state index in [9.17, 15) is 10.1 Å². The highest BCUT2D eigenvalue weighted by molar-refractivity contribution is 9.10. The quantitative estimate of drug-likeness (QED) is 0.695. The van der Waals surface area contributed by atoms with Gasteiger partial charge in [0, 0.05) is 10.5 Å². The van der Waals surface area contributed by atoms with E-state index in [-0.39, 0.29) is 5.69 Å². The Morgan fingerprint density at radius 1 is 1.24 bits per heavy atom. The minimum atomic E-state index is -0.477. The minimum absolute atomic E-state index is 0.0253. The minimum Gasteiger partial charge on any atom is -0.339 e. The molecule has 1 aromatic carbocycles. The van der Waals surface area contributed by atoms with Crippen LogP contribution in [-0.2, 0) is 0 Å². The molecular weight excluding hydrogens is 286 g/mol. The van der Waals surface area contributed by atoms with Gasteiger partial charge in [0.25, 0.3) is 5.69 Å². The molecule has 0 saturated carbocycles. The Morgan fingerprint density at radius 2 is 2.00 bits per heavy atom. The van der Waals surface area contributed by atoms with Crippen molar-refractivity contribution in [1.82, 2.24) is 4.98 Å². The number of rotatable bonds is 3. The molecule has 0 spiro atoms. The standard InChI is InChI=1S/C11H8BrN3O2/c12-9-3-1-2-4-10(9)14-11-6-5-8(7-13-11)15(16)17/h1-7H,(H,13,14). The fraction of sp³-hybridized carbons (Fsp3) is 0. The first kappa shape index (κ1) is 11.5. The maximum absolute atomic E-state index is 10.5. The van der Waals surface area contributed by atoms with Gasteiger partial charge in [0.15, 0.2) is 0 Å². The summed E-state index contributed by atoms with van der Waals surface area (Å²) in [6.45, 7) is 0. The first-order valence-corrected chi connectivity index (χ1v) is 5.58. The third-order valence-corrected chi connectivity index (χ3v) is 2.79. The van der Waals surface area contributed by atoms with Gasteiger partial charge in [-0.25, -0.2) is 4.98 Å². The zero-order valence-electron chi connectivity index (χ0n) is 8.63. The number of aromatic nitrogens is 1. The fourth-order valence-corrected chi connectivity index (χ4v) is 1.65. The highest BCUT2D eigenvalue weighted by atomic mass is 79.9. The SMILES string of the molecule is O=[N+]([O-])c1ccc(Nc2ccccc2Br)nc1. The molecule has 0 bridgehead atoms. The summed E-state index contributed by atoms with van der Waals surface area (Å²) >= 11 is 3.39. The number of para-hydroxylation sites is 1. The molecule has 0 aliphatic heterocycles. The van der Waals surface area contributed by atoms with Crippen LogP contribution in [0.25, 0.3) is 0 Å². The molecule has 0 amide bonds. The highest BCUT2D eigenvalue weighted by Crippen LogP contribution is 2.24. The van der Waals surface area contributed by atoms with Crippen LogP contribution in [-0.4, -0.2) is 9.91 Å². The Bertz CT molecular complexity index is 543. The Kier molecular flexibility index (Phi) is 3.34. The van der Waals surface area contributed by atoms with E-state index in [1.165, 1.54) is 12.3 Å². The zero-order valence-corrected chi connectivity index (χ0v) is 10.2. The van der Waals surface area contributed by atoms with Crippen LogP contribution in [0.3, 0.4) is 0 Å². The summed E-state index contributed by atoms with van der Waals surface area (Å²) < 4.78 is 0.903. The van der Waals surface area contributed by atoms with Gasteiger partial charge in [0.05, 0.1) is 10.6 Å². The second kappa shape index (κ2) is 4.92. The van der Waals surface area contributed by atoms with E-state index in [1.54, 1.807) is 6.07 Å². The van der Waals surface area contributed by atoms with E-state index in [1.807, 2.05) is 24.3 Å². The van der Waals surface area contributed by atoms with Crippen LogP contribution in [0.5, 0.6) is 0 Å². The van der Waals surface area contributed by atoms with Crippen molar-refractivity contribution in [2.45, 2.75) is 0 Å². The van der Waals surface area contributed by atoms with Crippen LogP contribution in [0.4, 0.5) is 17.2 Å². The topological polar surface area (TPSA) is 68.1 Å². The number of hydrogen-bond donors (Lipinski definition) is 1. The zero-order chi connectivity index (χ0) is 12.3. The average Bonchev–Trinajstić information content (AvgIpc) is 2.33. The molecule has 0 unspecified atom stereocenters. The molecule has 1 aromatic heterocycles. The number of nitrogens with zero attached hydrogens (tertiary/aromatic N) is 2. The fourth-order valence-electron chi connectivity index (χ4n) is 1.27. The van der Waals surface area contributed by atoms with Crippen molar-refractivity contribution in [2.75, 3.05) is 5.32 Å². The van der Waals surface area contributed by atoms with Crippen LogP contribution in [0.1, 0.15) is 0 Å². The van der Waals surface area contributed by atoms with Gasteiger partial charge < -0.3 is 5.32 Å². The first-order valence-electron chi connectivity index (χ1n) is 4.79. The van der Waals surface area contributed by atoms with Gasteiger partial charge in [-0.2, -0.15) is 0 Å². The molecule has 2 rings (SSSR count). The van der Waals surface area contributed by atoms with E-state index in [0.29, 0.717) is 5.82 Å². The van der Waals surface area contributed by atoms with E-state index in [0.717, 1.165) is 10.2 Å². The van der Waals surface area contributed by atoms with Crippen LogP contribution >= 0.6 is 15.9 Å². The number of nitrogens with one attached hydrogen (secondary N) is 1. The number of pyridine rings is 1. The largest absolute Gasteiger partial charge is 0.339 e. The monoisotopic (exact) mass is 293 g/mol. The van der Waals surface area contributed by atoms with Gasteiger partial charge in [-0.3, -0.25) is 10.1 Å². The van der Waals surface area contributed by atoms with Gasteiger partial charge >= 0.3 is 0 Å². The lowest BCUT2D eigenvalue weighted by Gasteiger charge is -2.06. The van der Waals surface area contributed by atoms with Gasteiger partial charge in [-0.1, -0.05) is 12.1 Å². The van der Waals surface area contributed by atoms with Crippen LogP contribution in [0, 0.1) is 10.1 Å². The Hall–Kier alpha value is -1.95. The molecule has 1 N–H and O–H groups in total. The van der Waals surface area contributed by atoms with Crippen molar-refractivity contribution in [3.05, 3.63) is 57.2 Å². The Labute approximate surface area is 106 Å². The van der Waals surface area contributed by atoms with E-state index < -0.39 is 4.92 Å². The van der Waals surface area contributed by atoms with Gasteiger partial charge in [0.1, 0.15) is 12.0 Å². The summed E-state index contributed by atoms with van der Waals surface area (Å²) in [5, 5.41) is 13.5. The number of nitro groups is 1. The van der Waals surface area contributed by atoms with Gasteiger partial charge in [-0.05, 0) is 34.1 Å². The normalized spacial score (nSPS) is 9.94. The third-order valence-electron chi connectivity index (χ3n) is 2.10. The summed E-state index contributed by atoms with van der Waals surface area (Å²) in [5.41, 5.74) is 0.830. The second-order valence-electron chi connectivity index (χ2n) is 3.26. The molecule has 0 aliphatic rings. The Morgan fingerprint density at radius 3 is 2.59 bits per heavy atom. The maximum Gasteiger partial charge on any atom is 0.287 e. The molecule has 0 radical (unpaired) electrons. The molecule has 5 nitrogen and oxygen atoms in total. The summed E-state index contributed by atoms with van der Waals surface area (Å²) in [6.07, 6.45) is 1.22. The molecule has 2 aromatic rings. The molecule has 17 heavy (non-hydrogen) atoms. The van der Waals surface area contributed by atoms with Crippen molar-refractivity contribution in [2.24, 2.45) is 0 Å². The maximum atomic E-state index is 10.5. The molecule has 1 heterocycles. The third kappa shape index (κ3) is 2.79. The van der Waals surface area contributed by atoms with Gasteiger partial charge in [-0.15, -0.1) is 0 Å². The summed E-state index contributed by atoms with van der Waals surface area (Å²) in [6, 6.07) is 10.5. The van der Waals surface area contributed by atoms with Gasteiger partial charge in [0.2, 0.25) is 0 Å². The van der Waals surface area contributed by atoms with E-state index in [4.69, 9.17) is 0 Å². The smallest absolute Gasteiger partial charge is 0.287 e. The predicted octanol–water partition coefficient (Wildman–Crippen LogP) is 3.50. The lowest BCUT2D eigenvalue weighted by Crippen LogP contribution is -1.95. The van der Waals surface area contributed by atoms with Crippen molar-refractivity contribution in [3.63, 3.8) is 0 Å². The number of halogens is 1. The van der Waals surface area contributed by atoms with Crippen molar-refractivity contribution >= 4 is 33.1 Å². The second-order valence-corrected chi connectivity index (χ2v) is 4.12. The summed E-state index contributed by atoms with van der Waals surface area (Å²) in [7, 11) is 0. The van der Waals surface area contributed by atoms with Crippen molar-refractivity contribution < 1.29 is 4.92 Å². The predicted molar refractivity (Wildman–Crippen MR) is 68.3 cm³/mol. The molecule has 0 saturated heterocycles. The lowest BCUT2D eigenvalue weighted by atomic mass is 10.3. The summed E-state index contributed by atoms with van der Waals surface area (Å²) in [5.74, 6) is 0.558. The van der Waals surface area contributed by atoms with Crippen molar-refractivity contribution in [1.29, 1.82) is 0 Å². The Balaban J connectivity index is 2.20. The highest BCUT2D eigenvalue weighted by Gasteiger charge is 2.05. The molecule has 86 valence electrons. The number of anilines is 2. The average molecular weight is 294 g/mol. The van der Waals surface area contributed by atoms with E-state index >= 15 is 0 Å². The first-order chi connectivity index (χ1) is 8.16. The van der Waals surface area contributed by atoms with Crippen LogP contribution in [0.2, 0.25) is 0 Å². The molecule has 0 fully saturated rings. The number of benzene rings is 1. The molecule has 6 heteroatoms. The lowest BCUT2D eigenvalue weighted by molar-refractivity contribution is -0.385. The molecule has 0 aliphatic carbocycles. The molecular formula is C11H8BrN3O2. The van der Waals surface area contributed by atoms with Crippen LogP contribution in [0.15, 0.2) is 47.1 Å². The van der Waals surface area contributed by atoms with Crippen LogP contribution < -0.4 is 5.32 Å². The van der Waals surface area contributed by atoms with E-state index in [2.05, 4.69) is 26.2 Å².